The third-order valence-electron chi connectivity index (χ3n) is 6.23. The fourth-order valence-electron chi connectivity index (χ4n) is 4.17. The predicted octanol–water partition coefficient (Wildman–Crippen LogP) is 6.02. The van der Waals surface area contributed by atoms with Crippen molar-refractivity contribution in [3.8, 4) is 11.1 Å². The maximum Gasteiger partial charge on any atom is 0.329 e. The van der Waals surface area contributed by atoms with Crippen LogP contribution in [-0.2, 0) is 23.9 Å². The lowest BCUT2D eigenvalue weighted by Gasteiger charge is -2.26. The highest BCUT2D eigenvalue weighted by atomic mass is 79.9. The summed E-state index contributed by atoms with van der Waals surface area (Å²) in [4.78, 5) is 53.3. The molecule has 44 heavy (non-hydrogen) atoms. The maximum absolute atomic E-state index is 13.0. The number of benzene rings is 2. The zero-order valence-electron chi connectivity index (χ0n) is 26.7. The summed E-state index contributed by atoms with van der Waals surface area (Å²) in [5.41, 5.74) is 2.03. The van der Waals surface area contributed by atoms with E-state index in [-0.39, 0.29) is 12.8 Å². The van der Waals surface area contributed by atoms with Crippen LogP contribution in [0, 0.1) is 0 Å². The summed E-state index contributed by atoms with van der Waals surface area (Å²) in [5.74, 6) is -2.18. The fourth-order valence-corrected chi connectivity index (χ4v) is 5.03. The van der Waals surface area contributed by atoms with Crippen molar-refractivity contribution in [1.82, 2.24) is 10.6 Å². The molecule has 0 heterocycles. The van der Waals surface area contributed by atoms with E-state index in [1.54, 1.807) is 53.7 Å². The minimum absolute atomic E-state index is 0.0102. The third kappa shape index (κ3) is 13.0. The Morgan fingerprint density at radius 1 is 0.773 bits per heavy atom. The molecule has 242 valence electrons. The first-order valence-electron chi connectivity index (χ1n) is 14.7. The third-order valence-corrected chi connectivity index (χ3v) is 6.94. The van der Waals surface area contributed by atoms with E-state index in [9.17, 15) is 19.2 Å². The van der Waals surface area contributed by atoms with Crippen molar-refractivity contribution in [3.05, 3.63) is 54.1 Å². The molecule has 0 spiro atoms. The molecule has 9 nitrogen and oxygen atoms in total. The molecule has 0 aliphatic rings. The van der Waals surface area contributed by atoms with Gasteiger partial charge in [0, 0.05) is 41.4 Å². The van der Waals surface area contributed by atoms with E-state index in [2.05, 4.69) is 71.7 Å². The van der Waals surface area contributed by atoms with Gasteiger partial charge in [-0.05, 0) is 90.3 Å². The van der Waals surface area contributed by atoms with Gasteiger partial charge < -0.3 is 25.0 Å². The fraction of sp³-hybridized carbons (Fsp3) is 0.515. The van der Waals surface area contributed by atoms with Crippen molar-refractivity contribution >= 4 is 61.3 Å². The molecule has 2 aromatic carbocycles. The SMILES string of the molecule is C[C@H](NC(=O)c1ccc(-c2ccc(N(CCBr)CCBr)cc2)cc1)C(=O)N[C@@H](CCC(=O)OC(C)(C)C)C(=O)OC(C)(C)C. The smallest absolute Gasteiger partial charge is 0.329 e. The van der Waals surface area contributed by atoms with Crippen LogP contribution in [0.3, 0.4) is 0 Å². The summed E-state index contributed by atoms with van der Waals surface area (Å²) in [7, 11) is 0. The van der Waals surface area contributed by atoms with Gasteiger partial charge >= 0.3 is 11.9 Å². The topological polar surface area (TPSA) is 114 Å². The second kappa shape index (κ2) is 17.0. The standard InChI is InChI=1S/C33H45Br2N3O6/c1-22(29(40)37-27(31(42)44-33(5,6)7)16-17-28(39)43-32(2,3)4)36-30(41)25-10-8-23(9-11-25)24-12-14-26(15-13-24)38(20-18-34)21-19-35/h8-15,22,27H,16-21H2,1-7H3,(H,36,41)(H,37,40)/t22-,27-/m0/s1. The molecule has 0 aliphatic heterocycles. The molecule has 11 heteroatoms. The molecule has 0 unspecified atom stereocenters. The number of esters is 2. The second-order valence-electron chi connectivity index (χ2n) is 12.4. The highest BCUT2D eigenvalue weighted by Gasteiger charge is 2.30. The Balaban J connectivity index is 2.04. The first-order chi connectivity index (χ1) is 20.5. The van der Waals surface area contributed by atoms with Crippen molar-refractivity contribution in [3.63, 3.8) is 0 Å². The molecule has 2 rings (SSSR count). The molecule has 0 saturated heterocycles. The molecule has 0 saturated carbocycles. The molecule has 0 aromatic heterocycles. The molecule has 2 N–H and O–H groups in total. The average Bonchev–Trinajstić information content (AvgIpc) is 2.93. The van der Waals surface area contributed by atoms with Crippen LogP contribution in [0.15, 0.2) is 48.5 Å². The van der Waals surface area contributed by atoms with Gasteiger partial charge in [0.25, 0.3) is 5.91 Å². The van der Waals surface area contributed by atoms with Crippen LogP contribution >= 0.6 is 31.9 Å². The van der Waals surface area contributed by atoms with Gasteiger partial charge in [0.15, 0.2) is 0 Å². The summed E-state index contributed by atoms with van der Waals surface area (Å²) in [6.07, 6.45) is -0.104. The largest absolute Gasteiger partial charge is 0.460 e. The zero-order chi connectivity index (χ0) is 33.1. The zero-order valence-corrected chi connectivity index (χ0v) is 29.8. The number of carbonyl (C=O) groups excluding carboxylic acids is 4. The lowest BCUT2D eigenvalue weighted by atomic mass is 10.0. The van der Waals surface area contributed by atoms with E-state index >= 15 is 0 Å². The van der Waals surface area contributed by atoms with Crippen molar-refractivity contribution in [2.75, 3.05) is 28.6 Å². The van der Waals surface area contributed by atoms with Crippen molar-refractivity contribution < 1.29 is 28.7 Å². The Hall–Kier alpha value is -2.92. The second-order valence-corrected chi connectivity index (χ2v) is 14.0. The Morgan fingerprint density at radius 2 is 1.27 bits per heavy atom. The maximum atomic E-state index is 13.0. The normalized spacial score (nSPS) is 12.9. The van der Waals surface area contributed by atoms with Gasteiger partial charge in [0.1, 0.15) is 23.3 Å². The molecule has 2 atom stereocenters. The van der Waals surface area contributed by atoms with Crippen molar-refractivity contribution in [1.29, 1.82) is 0 Å². The van der Waals surface area contributed by atoms with E-state index < -0.39 is 47.0 Å². The Bertz CT molecular complexity index is 1250. The van der Waals surface area contributed by atoms with E-state index in [1.807, 2.05) is 12.1 Å². The van der Waals surface area contributed by atoms with Crippen LogP contribution in [-0.4, -0.2) is 70.8 Å². The quantitative estimate of drug-likeness (QED) is 0.180. The molecule has 0 radical (unpaired) electrons. The van der Waals surface area contributed by atoms with Crippen LogP contribution in [0.2, 0.25) is 0 Å². The number of halogens is 2. The number of hydrogen-bond donors (Lipinski definition) is 2. The van der Waals surface area contributed by atoms with E-state index in [0.29, 0.717) is 5.56 Å². The van der Waals surface area contributed by atoms with Crippen molar-refractivity contribution in [2.45, 2.75) is 84.6 Å². The van der Waals surface area contributed by atoms with Gasteiger partial charge in [0.05, 0.1) is 0 Å². The van der Waals surface area contributed by atoms with Gasteiger partial charge in [-0.2, -0.15) is 0 Å². The molecular formula is C33H45Br2N3O6. The summed E-state index contributed by atoms with van der Waals surface area (Å²) in [5, 5.41) is 7.07. The first kappa shape index (κ1) is 37.3. The highest BCUT2D eigenvalue weighted by molar-refractivity contribution is 9.09. The van der Waals surface area contributed by atoms with Crippen molar-refractivity contribution in [2.24, 2.45) is 0 Å². The molecule has 2 amide bonds. The Labute approximate surface area is 278 Å². The average molecular weight is 740 g/mol. The van der Waals surface area contributed by atoms with Crippen LogP contribution in [0.25, 0.3) is 11.1 Å². The van der Waals surface area contributed by atoms with Gasteiger partial charge in [0.2, 0.25) is 5.91 Å². The monoisotopic (exact) mass is 737 g/mol. The van der Waals surface area contributed by atoms with Gasteiger partial charge in [-0.1, -0.05) is 56.1 Å². The minimum Gasteiger partial charge on any atom is -0.460 e. The van der Waals surface area contributed by atoms with E-state index in [4.69, 9.17) is 9.47 Å². The van der Waals surface area contributed by atoms with Crippen LogP contribution in [0.5, 0.6) is 0 Å². The first-order valence-corrected chi connectivity index (χ1v) is 16.9. The van der Waals surface area contributed by atoms with Gasteiger partial charge in [-0.25, -0.2) is 4.79 Å². The number of amides is 2. The van der Waals surface area contributed by atoms with Gasteiger partial charge in [-0.15, -0.1) is 0 Å². The highest BCUT2D eigenvalue weighted by Crippen LogP contribution is 2.24. The summed E-state index contributed by atoms with van der Waals surface area (Å²) in [6, 6.07) is 13.3. The number of alkyl halides is 2. The Morgan fingerprint density at radius 3 is 1.75 bits per heavy atom. The van der Waals surface area contributed by atoms with E-state index in [1.165, 1.54) is 6.92 Å². The number of ether oxygens (including phenoxy) is 2. The Kier molecular flexibility index (Phi) is 14.4. The summed E-state index contributed by atoms with van der Waals surface area (Å²) in [6.45, 7) is 13.7. The summed E-state index contributed by atoms with van der Waals surface area (Å²) >= 11 is 7.02. The molecule has 2 aromatic rings. The molecule has 0 aliphatic carbocycles. The van der Waals surface area contributed by atoms with Crippen LogP contribution < -0.4 is 15.5 Å². The number of carbonyl (C=O) groups is 4. The lowest BCUT2D eigenvalue weighted by Crippen LogP contribution is -2.51. The molecular weight excluding hydrogens is 694 g/mol. The van der Waals surface area contributed by atoms with Gasteiger partial charge in [-0.3, -0.25) is 14.4 Å². The van der Waals surface area contributed by atoms with Crippen LogP contribution in [0.4, 0.5) is 5.69 Å². The molecule has 0 fully saturated rings. The molecule has 0 bridgehead atoms. The lowest BCUT2D eigenvalue weighted by molar-refractivity contribution is -0.160. The van der Waals surface area contributed by atoms with E-state index in [0.717, 1.165) is 40.6 Å². The van der Waals surface area contributed by atoms with Crippen LogP contribution in [0.1, 0.15) is 71.7 Å². The number of nitrogens with one attached hydrogen (secondary N) is 2. The number of rotatable bonds is 14. The number of nitrogens with zero attached hydrogens (tertiary/aromatic N) is 1. The number of anilines is 1. The predicted molar refractivity (Wildman–Crippen MR) is 181 cm³/mol. The number of hydrogen-bond acceptors (Lipinski definition) is 7. The minimum atomic E-state index is -1.09. The summed E-state index contributed by atoms with van der Waals surface area (Å²) < 4.78 is 10.8.